The van der Waals surface area contributed by atoms with Crippen LogP contribution >= 0.6 is 0 Å². The van der Waals surface area contributed by atoms with Gasteiger partial charge in [0.2, 0.25) is 0 Å². The lowest BCUT2D eigenvalue weighted by Gasteiger charge is -2.38. The summed E-state index contributed by atoms with van der Waals surface area (Å²) in [5.74, 6) is 6.52. The van der Waals surface area contributed by atoms with E-state index in [0.29, 0.717) is 19.1 Å². The molecule has 4 saturated carbocycles. The quantitative estimate of drug-likeness (QED) is 0.753. The van der Waals surface area contributed by atoms with Crippen LogP contribution in [-0.4, -0.2) is 23.4 Å². The van der Waals surface area contributed by atoms with Gasteiger partial charge in [-0.05, 0) is 78.4 Å². The molecule has 0 saturated heterocycles. The Morgan fingerprint density at radius 1 is 1.00 bits per heavy atom. The Morgan fingerprint density at radius 3 is 2.21 bits per heavy atom. The van der Waals surface area contributed by atoms with Gasteiger partial charge in [-0.25, -0.2) is 0 Å². The van der Waals surface area contributed by atoms with Crippen molar-refractivity contribution in [3.8, 4) is 0 Å². The Bertz CT molecular complexity index is 381. The fraction of sp³-hybridized carbons (Fsp3) is 1.00. The van der Waals surface area contributed by atoms with Gasteiger partial charge in [-0.15, -0.1) is 0 Å². The van der Waals surface area contributed by atoms with Crippen molar-refractivity contribution in [1.29, 1.82) is 0 Å². The van der Waals surface area contributed by atoms with Crippen LogP contribution in [0.4, 0.5) is 0 Å². The fourth-order valence-corrected chi connectivity index (χ4v) is 7.18. The van der Waals surface area contributed by atoms with Crippen molar-refractivity contribution in [2.24, 2.45) is 52.8 Å². The molecule has 9 unspecified atom stereocenters. The number of aliphatic hydroxyl groups excluding tert-OH is 2. The van der Waals surface area contributed by atoms with Gasteiger partial charge in [-0.1, -0.05) is 13.8 Å². The molecule has 4 aliphatic rings. The van der Waals surface area contributed by atoms with Gasteiger partial charge in [0.1, 0.15) is 0 Å². The molecule has 0 aromatic rings. The van der Waals surface area contributed by atoms with E-state index in [0.717, 1.165) is 41.4 Å². The number of fused-ring (bicyclic) bond motifs is 9. The lowest BCUT2D eigenvalue weighted by molar-refractivity contribution is 0.0512. The van der Waals surface area contributed by atoms with Gasteiger partial charge in [-0.2, -0.15) is 0 Å². The summed E-state index contributed by atoms with van der Waals surface area (Å²) in [5, 5.41) is 19.5. The van der Waals surface area contributed by atoms with Crippen molar-refractivity contribution in [3.63, 3.8) is 0 Å². The van der Waals surface area contributed by atoms with Gasteiger partial charge in [0.25, 0.3) is 0 Å². The second-order valence-corrected chi connectivity index (χ2v) is 8.56. The average molecular weight is 264 g/mol. The molecule has 0 heterocycles. The van der Waals surface area contributed by atoms with Crippen molar-refractivity contribution in [3.05, 3.63) is 0 Å². The lowest BCUT2D eigenvalue weighted by atomic mass is 9.67. The van der Waals surface area contributed by atoms with Crippen LogP contribution in [0.3, 0.4) is 0 Å². The van der Waals surface area contributed by atoms with E-state index in [1.54, 1.807) is 0 Å². The van der Waals surface area contributed by atoms with E-state index in [1.807, 2.05) is 0 Å². The van der Waals surface area contributed by atoms with Crippen molar-refractivity contribution >= 4 is 0 Å². The molecule has 2 heteroatoms. The summed E-state index contributed by atoms with van der Waals surface area (Å²) in [6.07, 6.45) is 5.30. The topological polar surface area (TPSA) is 40.5 Å². The van der Waals surface area contributed by atoms with Crippen LogP contribution in [0.15, 0.2) is 0 Å². The standard InChI is InChI=1S/C17H28O2/c1-9-12-4-13(14(9)7-18)16-11-3-10(15(12)16)5-17(2,6-11)8-19/h9-16,18-19H,3-8H2,1-2H3. The fourth-order valence-electron chi connectivity index (χ4n) is 7.18. The second kappa shape index (κ2) is 3.98. The van der Waals surface area contributed by atoms with Crippen LogP contribution < -0.4 is 0 Å². The number of hydrogen-bond donors (Lipinski definition) is 2. The van der Waals surface area contributed by atoms with Crippen molar-refractivity contribution in [1.82, 2.24) is 0 Å². The molecule has 19 heavy (non-hydrogen) atoms. The minimum absolute atomic E-state index is 0.190. The zero-order valence-electron chi connectivity index (χ0n) is 12.3. The van der Waals surface area contributed by atoms with E-state index < -0.39 is 0 Å². The van der Waals surface area contributed by atoms with Crippen LogP contribution in [0, 0.1) is 52.8 Å². The smallest absolute Gasteiger partial charge is 0.0484 e. The second-order valence-electron chi connectivity index (χ2n) is 8.56. The Hall–Kier alpha value is -0.0800. The summed E-state index contributed by atoms with van der Waals surface area (Å²) >= 11 is 0. The molecule has 108 valence electrons. The zero-order chi connectivity index (χ0) is 13.4. The highest BCUT2D eigenvalue weighted by Gasteiger charge is 2.65. The predicted molar refractivity (Wildman–Crippen MR) is 74.3 cm³/mol. The number of rotatable bonds is 2. The first-order chi connectivity index (χ1) is 9.08. The highest BCUT2D eigenvalue weighted by atomic mass is 16.3. The average Bonchev–Trinajstić information content (AvgIpc) is 3.00. The van der Waals surface area contributed by atoms with E-state index in [9.17, 15) is 10.2 Å². The Balaban J connectivity index is 1.65. The Labute approximate surface area is 116 Å². The Kier molecular flexibility index (Phi) is 2.65. The van der Waals surface area contributed by atoms with E-state index in [2.05, 4.69) is 13.8 Å². The number of aliphatic hydroxyl groups is 2. The summed E-state index contributed by atoms with van der Waals surface area (Å²) in [7, 11) is 0. The summed E-state index contributed by atoms with van der Waals surface area (Å²) in [6, 6.07) is 0. The molecular weight excluding hydrogens is 236 g/mol. The van der Waals surface area contributed by atoms with E-state index in [4.69, 9.17) is 0 Å². The summed E-state index contributed by atoms with van der Waals surface area (Å²) in [5.41, 5.74) is 0.190. The summed E-state index contributed by atoms with van der Waals surface area (Å²) in [4.78, 5) is 0. The van der Waals surface area contributed by atoms with Crippen LogP contribution in [0.25, 0.3) is 0 Å². The number of hydrogen-bond acceptors (Lipinski definition) is 2. The third-order valence-electron chi connectivity index (χ3n) is 7.67. The monoisotopic (exact) mass is 264 g/mol. The van der Waals surface area contributed by atoms with Crippen LogP contribution in [-0.2, 0) is 0 Å². The molecule has 4 rings (SSSR count). The SMILES string of the molecule is CC1C(CO)C2CC1C1C3CC(CC(C)(CO)C3)C21. The highest BCUT2D eigenvalue weighted by molar-refractivity contribution is 5.13. The first kappa shape index (κ1) is 12.6. The predicted octanol–water partition coefficient (Wildman–Crippen LogP) is 2.54. The maximum atomic E-state index is 9.73. The molecular formula is C17H28O2. The third kappa shape index (κ3) is 1.51. The molecule has 9 atom stereocenters. The maximum Gasteiger partial charge on any atom is 0.0484 e. The van der Waals surface area contributed by atoms with Crippen molar-refractivity contribution in [2.45, 2.75) is 39.5 Å². The van der Waals surface area contributed by atoms with Crippen molar-refractivity contribution in [2.75, 3.05) is 13.2 Å². The van der Waals surface area contributed by atoms with Gasteiger partial charge in [0.05, 0.1) is 0 Å². The first-order valence-electron chi connectivity index (χ1n) is 8.29. The van der Waals surface area contributed by atoms with Crippen molar-refractivity contribution < 1.29 is 10.2 Å². The van der Waals surface area contributed by atoms with E-state index in [-0.39, 0.29) is 5.41 Å². The normalized spacial score (nSPS) is 62.5. The lowest BCUT2D eigenvalue weighted by Crippen LogP contribution is -2.36. The summed E-state index contributed by atoms with van der Waals surface area (Å²) < 4.78 is 0. The molecule has 0 radical (unpaired) electrons. The largest absolute Gasteiger partial charge is 0.396 e. The highest BCUT2D eigenvalue weighted by Crippen LogP contribution is 2.70. The molecule has 0 spiro atoms. The van der Waals surface area contributed by atoms with Crippen LogP contribution in [0.2, 0.25) is 0 Å². The molecule has 0 aromatic heterocycles. The molecule has 4 fully saturated rings. The summed E-state index contributed by atoms with van der Waals surface area (Å²) in [6.45, 7) is 5.45. The molecule has 0 aliphatic heterocycles. The molecule has 0 aromatic carbocycles. The van der Waals surface area contributed by atoms with Crippen LogP contribution in [0.1, 0.15) is 39.5 Å². The van der Waals surface area contributed by atoms with Gasteiger partial charge in [-0.3, -0.25) is 0 Å². The Morgan fingerprint density at radius 2 is 1.63 bits per heavy atom. The van der Waals surface area contributed by atoms with Gasteiger partial charge < -0.3 is 10.2 Å². The molecule has 2 N–H and O–H groups in total. The van der Waals surface area contributed by atoms with E-state index in [1.165, 1.54) is 25.7 Å². The van der Waals surface area contributed by atoms with E-state index >= 15 is 0 Å². The third-order valence-corrected chi connectivity index (χ3v) is 7.67. The minimum atomic E-state index is 0.190. The minimum Gasteiger partial charge on any atom is -0.396 e. The van der Waals surface area contributed by atoms with Gasteiger partial charge in [0, 0.05) is 13.2 Å². The van der Waals surface area contributed by atoms with Crippen LogP contribution in [0.5, 0.6) is 0 Å². The molecule has 4 aliphatic carbocycles. The van der Waals surface area contributed by atoms with Gasteiger partial charge >= 0.3 is 0 Å². The molecule has 4 bridgehead atoms. The maximum absolute atomic E-state index is 9.73. The molecule has 2 nitrogen and oxygen atoms in total. The first-order valence-corrected chi connectivity index (χ1v) is 8.29. The molecule has 0 amide bonds. The zero-order valence-corrected chi connectivity index (χ0v) is 12.3. The van der Waals surface area contributed by atoms with Gasteiger partial charge in [0.15, 0.2) is 0 Å².